The van der Waals surface area contributed by atoms with Crippen molar-refractivity contribution in [3.05, 3.63) is 24.2 Å². The van der Waals surface area contributed by atoms with Crippen LogP contribution in [0, 0.1) is 0 Å². The van der Waals surface area contributed by atoms with Gasteiger partial charge in [-0.05, 0) is 50.9 Å². The van der Waals surface area contributed by atoms with Gasteiger partial charge in [-0.3, -0.25) is 4.90 Å². The van der Waals surface area contributed by atoms with Gasteiger partial charge in [0.15, 0.2) is 0 Å². The largest absolute Gasteiger partial charge is 0.468 e. The molecule has 0 amide bonds. The normalized spacial score (nSPS) is 24.9. The Morgan fingerprint density at radius 1 is 1.15 bits per heavy atom. The van der Waals surface area contributed by atoms with Gasteiger partial charge in [-0.25, -0.2) is 0 Å². The summed E-state index contributed by atoms with van der Waals surface area (Å²) in [5.74, 6) is 1.02. The van der Waals surface area contributed by atoms with Gasteiger partial charge in [0.25, 0.3) is 0 Å². The van der Waals surface area contributed by atoms with E-state index in [0.29, 0.717) is 6.54 Å². The summed E-state index contributed by atoms with van der Waals surface area (Å²) in [6.07, 6.45) is 8.49. The van der Waals surface area contributed by atoms with Crippen molar-refractivity contribution in [1.29, 1.82) is 0 Å². The summed E-state index contributed by atoms with van der Waals surface area (Å²) in [5, 5.41) is 0. The molecule has 0 radical (unpaired) electrons. The van der Waals surface area contributed by atoms with Gasteiger partial charge in [-0.1, -0.05) is 6.42 Å². The van der Waals surface area contributed by atoms with E-state index < -0.39 is 0 Å². The van der Waals surface area contributed by atoms with Gasteiger partial charge in [0.2, 0.25) is 0 Å². The average molecular weight is 277 g/mol. The molecular weight excluding hydrogens is 250 g/mol. The maximum atomic E-state index is 5.96. The number of rotatable bonds is 4. The van der Waals surface area contributed by atoms with Crippen molar-refractivity contribution >= 4 is 0 Å². The van der Waals surface area contributed by atoms with E-state index in [2.05, 4.69) is 9.80 Å². The van der Waals surface area contributed by atoms with Crippen LogP contribution >= 0.6 is 0 Å². The van der Waals surface area contributed by atoms with Gasteiger partial charge in [0.05, 0.1) is 12.3 Å². The van der Waals surface area contributed by atoms with E-state index in [4.69, 9.17) is 10.2 Å². The minimum absolute atomic E-state index is 0.257. The topological polar surface area (TPSA) is 45.6 Å². The van der Waals surface area contributed by atoms with E-state index in [-0.39, 0.29) is 6.04 Å². The third kappa shape index (κ3) is 3.08. The molecule has 1 atom stereocenters. The molecule has 2 saturated heterocycles. The van der Waals surface area contributed by atoms with Gasteiger partial charge in [-0.2, -0.15) is 0 Å². The fourth-order valence-corrected chi connectivity index (χ4v) is 3.77. The SMILES string of the molecule is NCC(c1ccco1)N1CCC(N2CCCCC2)CC1. The number of furan rings is 1. The maximum absolute atomic E-state index is 5.96. The van der Waals surface area contributed by atoms with Crippen LogP contribution in [0.1, 0.15) is 43.9 Å². The highest BCUT2D eigenvalue weighted by Gasteiger charge is 2.29. The Labute approximate surface area is 121 Å². The van der Waals surface area contributed by atoms with Crippen LogP contribution in [0.3, 0.4) is 0 Å². The molecule has 20 heavy (non-hydrogen) atoms. The van der Waals surface area contributed by atoms with Crippen LogP contribution in [0.5, 0.6) is 0 Å². The summed E-state index contributed by atoms with van der Waals surface area (Å²) in [6, 6.07) is 5.06. The summed E-state index contributed by atoms with van der Waals surface area (Å²) in [7, 11) is 0. The van der Waals surface area contributed by atoms with Crippen LogP contribution in [0.15, 0.2) is 22.8 Å². The molecule has 3 rings (SSSR count). The van der Waals surface area contributed by atoms with E-state index >= 15 is 0 Å². The first kappa shape index (κ1) is 14.1. The van der Waals surface area contributed by atoms with Crippen LogP contribution in [0.25, 0.3) is 0 Å². The minimum atomic E-state index is 0.257. The fourth-order valence-electron chi connectivity index (χ4n) is 3.77. The molecule has 1 aromatic heterocycles. The number of nitrogens with two attached hydrogens (primary N) is 1. The molecular formula is C16H27N3O. The third-order valence-electron chi connectivity index (χ3n) is 4.94. The predicted molar refractivity (Wildman–Crippen MR) is 80.5 cm³/mol. The number of nitrogens with zero attached hydrogens (tertiary/aromatic N) is 2. The average Bonchev–Trinajstić information content (AvgIpc) is 3.04. The van der Waals surface area contributed by atoms with Crippen LogP contribution in [0.4, 0.5) is 0 Å². The summed E-state index contributed by atoms with van der Waals surface area (Å²) in [4.78, 5) is 5.21. The van der Waals surface area contributed by atoms with Gasteiger partial charge >= 0.3 is 0 Å². The van der Waals surface area contributed by atoms with Gasteiger partial charge in [0.1, 0.15) is 5.76 Å². The Hall–Kier alpha value is -0.840. The zero-order valence-electron chi connectivity index (χ0n) is 12.3. The van der Waals surface area contributed by atoms with Crippen molar-refractivity contribution in [1.82, 2.24) is 9.80 Å². The molecule has 1 unspecified atom stereocenters. The van der Waals surface area contributed by atoms with E-state index in [1.54, 1.807) is 6.26 Å². The lowest BCUT2D eigenvalue weighted by Crippen LogP contribution is -2.48. The summed E-state index contributed by atoms with van der Waals surface area (Å²) in [5.41, 5.74) is 5.96. The van der Waals surface area contributed by atoms with Crippen molar-refractivity contribution < 1.29 is 4.42 Å². The maximum Gasteiger partial charge on any atom is 0.122 e. The highest BCUT2D eigenvalue weighted by Crippen LogP contribution is 2.27. The lowest BCUT2D eigenvalue weighted by molar-refractivity contribution is 0.0682. The number of piperidine rings is 2. The molecule has 2 N–H and O–H groups in total. The lowest BCUT2D eigenvalue weighted by atomic mass is 9.98. The van der Waals surface area contributed by atoms with Crippen molar-refractivity contribution in [2.75, 3.05) is 32.7 Å². The molecule has 2 aliphatic rings. The lowest BCUT2D eigenvalue weighted by Gasteiger charge is -2.42. The molecule has 0 saturated carbocycles. The summed E-state index contributed by atoms with van der Waals surface area (Å²) in [6.45, 7) is 5.54. The highest BCUT2D eigenvalue weighted by atomic mass is 16.3. The third-order valence-corrected chi connectivity index (χ3v) is 4.94. The van der Waals surface area contributed by atoms with Crippen molar-refractivity contribution in [2.45, 2.75) is 44.2 Å². The van der Waals surface area contributed by atoms with Gasteiger partial charge < -0.3 is 15.1 Å². The number of likely N-dealkylation sites (tertiary alicyclic amines) is 2. The van der Waals surface area contributed by atoms with Crippen molar-refractivity contribution in [3.63, 3.8) is 0 Å². The van der Waals surface area contributed by atoms with Crippen LogP contribution in [-0.2, 0) is 0 Å². The van der Waals surface area contributed by atoms with E-state index in [1.807, 2.05) is 12.1 Å². The smallest absolute Gasteiger partial charge is 0.122 e. The Bertz CT molecular complexity index is 378. The first-order valence-corrected chi connectivity index (χ1v) is 8.10. The van der Waals surface area contributed by atoms with Crippen LogP contribution in [0.2, 0.25) is 0 Å². The molecule has 2 aliphatic heterocycles. The quantitative estimate of drug-likeness (QED) is 0.916. The van der Waals surface area contributed by atoms with Crippen molar-refractivity contribution in [3.8, 4) is 0 Å². The number of hydrogen-bond acceptors (Lipinski definition) is 4. The molecule has 4 heteroatoms. The zero-order valence-corrected chi connectivity index (χ0v) is 12.3. The highest BCUT2D eigenvalue weighted by molar-refractivity contribution is 5.06. The Kier molecular flexibility index (Phi) is 4.76. The standard InChI is InChI=1S/C16H27N3O/c17-13-15(16-5-4-12-20-16)19-10-6-14(7-11-19)18-8-2-1-3-9-18/h4-5,12,14-15H,1-3,6-11,13,17H2. The molecule has 0 spiro atoms. The molecule has 0 aliphatic carbocycles. The molecule has 3 heterocycles. The molecule has 1 aromatic rings. The molecule has 2 fully saturated rings. The Morgan fingerprint density at radius 2 is 1.90 bits per heavy atom. The minimum Gasteiger partial charge on any atom is -0.468 e. The monoisotopic (exact) mass is 277 g/mol. The Balaban J connectivity index is 1.54. The van der Waals surface area contributed by atoms with Crippen LogP contribution in [-0.4, -0.2) is 48.6 Å². The number of hydrogen-bond donors (Lipinski definition) is 1. The van der Waals surface area contributed by atoms with Gasteiger partial charge in [0, 0.05) is 25.7 Å². The van der Waals surface area contributed by atoms with E-state index in [9.17, 15) is 0 Å². The van der Waals surface area contributed by atoms with Crippen molar-refractivity contribution in [2.24, 2.45) is 5.73 Å². The zero-order chi connectivity index (χ0) is 13.8. The summed E-state index contributed by atoms with van der Waals surface area (Å²) < 4.78 is 5.55. The second kappa shape index (κ2) is 6.74. The summed E-state index contributed by atoms with van der Waals surface area (Å²) >= 11 is 0. The molecule has 4 nitrogen and oxygen atoms in total. The first-order valence-electron chi connectivity index (χ1n) is 8.10. The van der Waals surface area contributed by atoms with E-state index in [1.165, 1.54) is 45.2 Å². The second-order valence-electron chi connectivity index (χ2n) is 6.13. The van der Waals surface area contributed by atoms with E-state index in [0.717, 1.165) is 24.9 Å². The van der Waals surface area contributed by atoms with Crippen LogP contribution < -0.4 is 5.73 Å². The molecule has 0 bridgehead atoms. The molecule has 0 aromatic carbocycles. The molecule has 112 valence electrons. The second-order valence-corrected chi connectivity index (χ2v) is 6.13. The predicted octanol–water partition coefficient (Wildman–Crippen LogP) is 2.23. The van der Waals surface area contributed by atoms with Gasteiger partial charge in [-0.15, -0.1) is 0 Å². The first-order chi connectivity index (χ1) is 9.88. The Morgan fingerprint density at radius 3 is 2.50 bits per heavy atom. The fraction of sp³-hybridized carbons (Fsp3) is 0.750.